The molecule has 21 heavy (non-hydrogen) atoms. The summed E-state index contributed by atoms with van der Waals surface area (Å²) in [7, 11) is 3.98. The first kappa shape index (κ1) is 16.4. The van der Waals surface area contributed by atoms with Crippen LogP contribution < -0.4 is 0 Å². The molecular weight excluding hydrogens is 272 g/mol. The fourth-order valence-electron chi connectivity index (χ4n) is 3.42. The van der Waals surface area contributed by atoms with Gasteiger partial charge in [0.25, 0.3) is 0 Å². The van der Waals surface area contributed by atoms with Crippen LogP contribution in [0.4, 0.5) is 8.78 Å². The Morgan fingerprint density at radius 1 is 1.24 bits per heavy atom. The SMILES string of the molecule is CC1CCC(C(O)Cc2ccc(F)c(F)c2)(N(C)C)CC1. The lowest BCUT2D eigenvalue weighted by molar-refractivity contribution is -0.0382. The van der Waals surface area contributed by atoms with E-state index in [1.54, 1.807) is 6.07 Å². The van der Waals surface area contributed by atoms with Crippen LogP contribution in [0.15, 0.2) is 18.2 Å². The van der Waals surface area contributed by atoms with Crippen LogP contribution in [0.2, 0.25) is 0 Å². The maximum atomic E-state index is 13.3. The van der Waals surface area contributed by atoms with E-state index in [0.717, 1.165) is 31.7 Å². The molecule has 0 heterocycles. The monoisotopic (exact) mass is 297 g/mol. The summed E-state index contributed by atoms with van der Waals surface area (Å²) in [5.41, 5.74) is 0.374. The Balaban J connectivity index is 2.15. The van der Waals surface area contributed by atoms with Crippen LogP contribution in [-0.4, -0.2) is 35.7 Å². The maximum Gasteiger partial charge on any atom is 0.159 e. The molecule has 1 atom stereocenters. The van der Waals surface area contributed by atoms with Gasteiger partial charge in [0.1, 0.15) is 0 Å². The average molecular weight is 297 g/mol. The zero-order valence-corrected chi connectivity index (χ0v) is 13.1. The van der Waals surface area contributed by atoms with Gasteiger partial charge in [-0.1, -0.05) is 13.0 Å². The molecular formula is C17H25F2NO. The summed E-state index contributed by atoms with van der Waals surface area (Å²) in [4.78, 5) is 2.10. The molecule has 118 valence electrons. The van der Waals surface area contributed by atoms with Gasteiger partial charge in [-0.2, -0.15) is 0 Å². The summed E-state index contributed by atoms with van der Waals surface area (Å²) in [6.07, 6.45) is 3.83. The van der Waals surface area contributed by atoms with E-state index < -0.39 is 17.7 Å². The predicted molar refractivity (Wildman–Crippen MR) is 80.1 cm³/mol. The number of aliphatic hydroxyl groups is 1. The van der Waals surface area contributed by atoms with E-state index >= 15 is 0 Å². The van der Waals surface area contributed by atoms with Crippen LogP contribution in [0.5, 0.6) is 0 Å². The molecule has 1 aromatic carbocycles. The molecule has 2 rings (SSSR count). The minimum absolute atomic E-state index is 0.266. The summed E-state index contributed by atoms with van der Waals surface area (Å²) < 4.78 is 26.3. The molecule has 1 N–H and O–H groups in total. The Kier molecular flexibility index (Phi) is 4.99. The fourth-order valence-corrected chi connectivity index (χ4v) is 3.42. The number of likely N-dealkylation sites (N-methyl/N-ethyl adjacent to an activating group) is 1. The van der Waals surface area contributed by atoms with Gasteiger partial charge in [-0.15, -0.1) is 0 Å². The maximum absolute atomic E-state index is 13.3. The minimum atomic E-state index is -0.851. The summed E-state index contributed by atoms with van der Waals surface area (Å²) >= 11 is 0. The van der Waals surface area contributed by atoms with Crippen LogP contribution in [-0.2, 0) is 6.42 Å². The smallest absolute Gasteiger partial charge is 0.159 e. The standard InChI is InChI=1S/C17H25F2NO/c1-12-6-8-17(9-7-12,20(2)3)16(21)11-13-4-5-14(18)15(19)10-13/h4-5,10,12,16,21H,6-9,11H2,1-3H3. The molecule has 1 aliphatic carbocycles. The molecule has 0 aliphatic heterocycles. The number of hydrogen-bond donors (Lipinski definition) is 1. The van der Waals surface area contributed by atoms with Gasteiger partial charge < -0.3 is 10.0 Å². The molecule has 2 nitrogen and oxygen atoms in total. The van der Waals surface area contributed by atoms with E-state index in [1.807, 2.05) is 14.1 Å². The van der Waals surface area contributed by atoms with E-state index in [0.29, 0.717) is 17.9 Å². The third-order valence-electron chi connectivity index (χ3n) is 5.06. The van der Waals surface area contributed by atoms with E-state index in [2.05, 4.69) is 11.8 Å². The zero-order valence-electron chi connectivity index (χ0n) is 13.1. The van der Waals surface area contributed by atoms with Gasteiger partial charge in [0, 0.05) is 12.0 Å². The van der Waals surface area contributed by atoms with E-state index in [4.69, 9.17) is 0 Å². The van der Waals surface area contributed by atoms with Gasteiger partial charge in [-0.3, -0.25) is 0 Å². The molecule has 0 amide bonds. The van der Waals surface area contributed by atoms with Crippen LogP contribution in [0.1, 0.15) is 38.2 Å². The quantitative estimate of drug-likeness (QED) is 0.921. The molecule has 0 bridgehead atoms. The van der Waals surface area contributed by atoms with Crippen molar-refractivity contribution in [3.8, 4) is 0 Å². The first-order chi connectivity index (χ1) is 9.85. The zero-order chi connectivity index (χ0) is 15.6. The summed E-state index contributed by atoms with van der Waals surface area (Å²) in [5, 5.41) is 10.7. The summed E-state index contributed by atoms with van der Waals surface area (Å²) in [6.45, 7) is 2.24. The molecule has 1 fully saturated rings. The number of halogens is 2. The lowest BCUT2D eigenvalue weighted by atomic mass is 9.72. The molecule has 0 radical (unpaired) electrons. The van der Waals surface area contributed by atoms with Crippen molar-refractivity contribution in [1.29, 1.82) is 0 Å². The third-order valence-corrected chi connectivity index (χ3v) is 5.06. The fraction of sp³-hybridized carbons (Fsp3) is 0.647. The highest BCUT2D eigenvalue weighted by Gasteiger charge is 2.42. The Bertz CT molecular complexity index is 482. The number of rotatable bonds is 4. The minimum Gasteiger partial charge on any atom is -0.391 e. The van der Waals surface area contributed by atoms with Crippen LogP contribution in [0, 0.1) is 17.6 Å². The van der Waals surface area contributed by atoms with Gasteiger partial charge in [0.15, 0.2) is 11.6 Å². The number of benzene rings is 1. The van der Waals surface area contributed by atoms with Crippen LogP contribution in [0.25, 0.3) is 0 Å². The Hall–Kier alpha value is -1.00. The first-order valence-electron chi connectivity index (χ1n) is 7.64. The molecule has 4 heteroatoms. The van der Waals surface area contributed by atoms with Crippen molar-refractivity contribution in [2.75, 3.05) is 14.1 Å². The topological polar surface area (TPSA) is 23.5 Å². The lowest BCUT2D eigenvalue weighted by Gasteiger charge is -2.47. The molecule has 0 spiro atoms. The highest BCUT2D eigenvalue weighted by Crippen LogP contribution is 2.38. The number of aliphatic hydroxyl groups excluding tert-OH is 1. The van der Waals surface area contributed by atoms with E-state index in [9.17, 15) is 13.9 Å². The number of hydrogen-bond acceptors (Lipinski definition) is 2. The highest BCUT2D eigenvalue weighted by molar-refractivity contribution is 5.20. The molecule has 1 unspecified atom stereocenters. The second-order valence-electron chi connectivity index (χ2n) is 6.65. The molecule has 1 aromatic rings. The van der Waals surface area contributed by atoms with Crippen molar-refractivity contribution in [3.63, 3.8) is 0 Å². The first-order valence-corrected chi connectivity index (χ1v) is 7.64. The van der Waals surface area contributed by atoms with E-state index in [1.165, 1.54) is 6.07 Å². The van der Waals surface area contributed by atoms with Gasteiger partial charge in [0.2, 0.25) is 0 Å². The molecule has 0 saturated heterocycles. The van der Waals surface area contributed by atoms with Crippen molar-refractivity contribution in [3.05, 3.63) is 35.4 Å². The van der Waals surface area contributed by atoms with Crippen molar-refractivity contribution in [2.45, 2.75) is 50.7 Å². The van der Waals surface area contributed by atoms with Crippen LogP contribution >= 0.6 is 0 Å². The predicted octanol–water partition coefficient (Wildman–Crippen LogP) is 3.38. The Morgan fingerprint density at radius 2 is 1.86 bits per heavy atom. The van der Waals surface area contributed by atoms with E-state index in [-0.39, 0.29) is 5.54 Å². The summed E-state index contributed by atoms with van der Waals surface area (Å²) in [5.74, 6) is -1.01. The average Bonchev–Trinajstić information content (AvgIpc) is 2.43. The highest BCUT2D eigenvalue weighted by atomic mass is 19.2. The van der Waals surface area contributed by atoms with Crippen molar-refractivity contribution >= 4 is 0 Å². The molecule has 0 aromatic heterocycles. The van der Waals surface area contributed by atoms with Gasteiger partial charge in [-0.05, 0) is 63.4 Å². The second-order valence-corrected chi connectivity index (χ2v) is 6.65. The summed E-state index contributed by atoms with van der Waals surface area (Å²) in [6, 6.07) is 3.87. The number of nitrogens with zero attached hydrogens (tertiary/aromatic N) is 1. The molecule has 1 aliphatic rings. The van der Waals surface area contributed by atoms with Crippen molar-refractivity contribution in [2.24, 2.45) is 5.92 Å². The van der Waals surface area contributed by atoms with Crippen molar-refractivity contribution < 1.29 is 13.9 Å². The van der Waals surface area contributed by atoms with Gasteiger partial charge in [-0.25, -0.2) is 8.78 Å². The van der Waals surface area contributed by atoms with Gasteiger partial charge in [0.05, 0.1) is 6.10 Å². The van der Waals surface area contributed by atoms with Gasteiger partial charge >= 0.3 is 0 Å². The Labute approximate surface area is 125 Å². The molecule has 1 saturated carbocycles. The largest absolute Gasteiger partial charge is 0.391 e. The third kappa shape index (κ3) is 3.43. The second kappa shape index (κ2) is 6.41. The Morgan fingerprint density at radius 3 is 2.38 bits per heavy atom. The lowest BCUT2D eigenvalue weighted by Crippen LogP contribution is -2.56. The van der Waals surface area contributed by atoms with Crippen molar-refractivity contribution in [1.82, 2.24) is 4.90 Å². The normalized spacial score (nSPS) is 27.9. The van der Waals surface area contributed by atoms with Crippen LogP contribution in [0.3, 0.4) is 0 Å².